The Labute approximate surface area is 122 Å². The number of rotatable bonds is 3. The Balaban J connectivity index is 1.68. The first-order valence-electron chi connectivity index (χ1n) is 7.02. The van der Waals surface area contributed by atoms with Crippen LogP contribution in [0.4, 0.5) is 0 Å². The number of nitrogens with zero attached hydrogens (tertiary/aromatic N) is 4. The lowest BCUT2D eigenvalue weighted by molar-refractivity contribution is 0.0651. The van der Waals surface area contributed by atoms with Crippen molar-refractivity contribution in [3.63, 3.8) is 0 Å². The number of nitrogens with one attached hydrogen (secondary N) is 1. The Bertz CT molecular complexity index is 588. The van der Waals surface area contributed by atoms with E-state index in [0.29, 0.717) is 30.4 Å². The summed E-state index contributed by atoms with van der Waals surface area (Å²) >= 11 is 0. The quantitative estimate of drug-likeness (QED) is 0.867. The van der Waals surface area contributed by atoms with Crippen molar-refractivity contribution >= 4 is 5.91 Å². The van der Waals surface area contributed by atoms with Gasteiger partial charge in [-0.05, 0) is 36.1 Å². The van der Waals surface area contributed by atoms with Crippen LogP contribution in [0.5, 0.6) is 0 Å². The molecule has 110 valence electrons. The van der Waals surface area contributed by atoms with E-state index in [4.69, 9.17) is 5.11 Å². The maximum absolute atomic E-state index is 12.4. The minimum absolute atomic E-state index is 0.0334. The van der Waals surface area contributed by atoms with E-state index in [1.807, 2.05) is 17.0 Å². The lowest BCUT2D eigenvalue weighted by Crippen LogP contribution is -2.39. The standard InChI is InChI=1S/C14H17N5O2/c20-9-10-5-7-19(8-6-10)14(21)12-3-1-11(2-4-12)13-15-17-18-16-13/h1-4,10,20H,5-9H2,(H,15,16,17,18). The van der Waals surface area contributed by atoms with Gasteiger partial charge in [0.2, 0.25) is 5.82 Å². The molecule has 3 rings (SSSR count). The van der Waals surface area contributed by atoms with E-state index in [9.17, 15) is 4.79 Å². The molecule has 7 heteroatoms. The zero-order valence-electron chi connectivity index (χ0n) is 11.6. The minimum atomic E-state index is 0.0334. The molecule has 1 aromatic heterocycles. The van der Waals surface area contributed by atoms with Gasteiger partial charge in [0, 0.05) is 30.8 Å². The number of carbonyl (C=O) groups excluding carboxylic acids is 1. The fourth-order valence-corrected chi connectivity index (χ4v) is 2.55. The summed E-state index contributed by atoms with van der Waals surface area (Å²) in [6.45, 7) is 1.62. The first kappa shape index (κ1) is 13.7. The van der Waals surface area contributed by atoms with Crippen LogP contribution in [-0.2, 0) is 0 Å². The average Bonchev–Trinajstić information content (AvgIpc) is 3.09. The first-order chi connectivity index (χ1) is 10.3. The molecule has 1 aromatic carbocycles. The summed E-state index contributed by atoms with van der Waals surface area (Å²) in [7, 11) is 0. The van der Waals surface area contributed by atoms with Gasteiger partial charge >= 0.3 is 0 Å². The number of H-pyrrole nitrogens is 1. The van der Waals surface area contributed by atoms with Crippen molar-refractivity contribution in [2.24, 2.45) is 5.92 Å². The van der Waals surface area contributed by atoms with Crippen molar-refractivity contribution in [2.45, 2.75) is 12.8 Å². The second-order valence-electron chi connectivity index (χ2n) is 5.23. The van der Waals surface area contributed by atoms with E-state index in [1.54, 1.807) is 12.1 Å². The fourth-order valence-electron chi connectivity index (χ4n) is 2.55. The molecule has 0 radical (unpaired) electrons. The van der Waals surface area contributed by atoms with Gasteiger partial charge in [-0.25, -0.2) is 0 Å². The predicted octanol–water partition coefficient (Wildman–Crippen LogP) is 0.711. The summed E-state index contributed by atoms with van der Waals surface area (Å²) in [5, 5.41) is 22.8. The van der Waals surface area contributed by atoms with Gasteiger partial charge in [0.25, 0.3) is 5.91 Å². The minimum Gasteiger partial charge on any atom is -0.396 e. The summed E-state index contributed by atoms with van der Waals surface area (Å²) < 4.78 is 0. The SMILES string of the molecule is O=C(c1ccc(-c2nn[nH]n2)cc1)N1CCC(CO)CC1. The fraction of sp³-hybridized carbons (Fsp3) is 0.429. The molecule has 7 nitrogen and oxygen atoms in total. The van der Waals surface area contributed by atoms with Crippen molar-refractivity contribution in [1.29, 1.82) is 0 Å². The van der Waals surface area contributed by atoms with Gasteiger partial charge < -0.3 is 10.0 Å². The number of likely N-dealkylation sites (tertiary alicyclic amines) is 1. The lowest BCUT2D eigenvalue weighted by Gasteiger charge is -2.31. The van der Waals surface area contributed by atoms with E-state index < -0.39 is 0 Å². The molecular weight excluding hydrogens is 270 g/mol. The Kier molecular flexibility index (Phi) is 3.92. The number of amides is 1. The lowest BCUT2D eigenvalue weighted by atomic mass is 9.97. The molecule has 1 saturated heterocycles. The molecule has 1 amide bonds. The first-order valence-corrected chi connectivity index (χ1v) is 7.02. The predicted molar refractivity (Wildman–Crippen MR) is 75.3 cm³/mol. The highest BCUT2D eigenvalue weighted by molar-refractivity contribution is 5.94. The van der Waals surface area contributed by atoms with E-state index >= 15 is 0 Å². The van der Waals surface area contributed by atoms with Crippen molar-refractivity contribution in [2.75, 3.05) is 19.7 Å². The van der Waals surface area contributed by atoms with Gasteiger partial charge in [0.05, 0.1) is 0 Å². The highest BCUT2D eigenvalue weighted by Gasteiger charge is 2.23. The third-order valence-corrected chi connectivity index (χ3v) is 3.90. The summed E-state index contributed by atoms with van der Waals surface area (Å²) in [6, 6.07) is 7.20. The van der Waals surface area contributed by atoms with Crippen LogP contribution in [0.3, 0.4) is 0 Å². The molecule has 0 unspecified atom stereocenters. The highest BCUT2D eigenvalue weighted by atomic mass is 16.3. The molecule has 2 heterocycles. The van der Waals surface area contributed by atoms with Crippen LogP contribution in [0, 0.1) is 5.92 Å². The van der Waals surface area contributed by atoms with Crippen LogP contribution < -0.4 is 0 Å². The Hall–Kier alpha value is -2.28. The van der Waals surface area contributed by atoms with Gasteiger partial charge in [0.15, 0.2) is 0 Å². The van der Waals surface area contributed by atoms with Gasteiger partial charge in [0.1, 0.15) is 0 Å². The van der Waals surface area contributed by atoms with Crippen LogP contribution in [-0.4, -0.2) is 56.2 Å². The topological polar surface area (TPSA) is 95.0 Å². The third kappa shape index (κ3) is 2.92. The zero-order valence-corrected chi connectivity index (χ0v) is 11.6. The van der Waals surface area contributed by atoms with Crippen LogP contribution in [0.15, 0.2) is 24.3 Å². The maximum atomic E-state index is 12.4. The third-order valence-electron chi connectivity index (χ3n) is 3.90. The smallest absolute Gasteiger partial charge is 0.253 e. The summed E-state index contributed by atoms with van der Waals surface area (Å²) in [5.41, 5.74) is 1.48. The van der Waals surface area contributed by atoms with Crippen LogP contribution in [0.25, 0.3) is 11.4 Å². The van der Waals surface area contributed by atoms with Crippen molar-refractivity contribution in [1.82, 2.24) is 25.5 Å². The number of hydrogen-bond donors (Lipinski definition) is 2. The maximum Gasteiger partial charge on any atom is 0.253 e. The van der Waals surface area contributed by atoms with Crippen molar-refractivity contribution < 1.29 is 9.90 Å². The van der Waals surface area contributed by atoms with E-state index in [-0.39, 0.29) is 12.5 Å². The second-order valence-corrected chi connectivity index (χ2v) is 5.23. The second kappa shape index (κ2) is 6.01. The van der Waals surface area contributed by atoms with E-state index in [2.05, 4.69) is 20.6 Å². The number of carbonyl (C=O) groups is 1. The Morgan fingerprint density at radius 1 is 1.29 bits per heavy atom. The molecule has 1 aliphatic heterocycles. The molecule has 1 fully saturated rings. The van der Waals surface area contributed by atoms with Crippen LogP contribution in [0.2, 0.25) is 0 Å². The number of tetrazole rings is 1. The summed E-state index contributed by atoms with van der Waals surface area (Å²) in [4.78, 5) is 14.2. The number of piperidine rings is 1. The average molecular weight is 287 g/mol. The number of aromatic nitrogens is 4. The monoisotopic (exact) mass is 287 g/mol. The van der Waals surface area contributed by atoms with Gasteiger partial charge in [-0.3, -0.25) is 4.79 Å². The molecule has 21 heavy (non-hydrogen) atoms. The van der Waals surface area contributed by atoms with Crippen LogP contribution in [0.1, 0.15) is 23.2 Å². The van der Waals surface area contributed by atoms with Crippen molar-refractivity contribution in [3.8, 4) is 11.4 Å². The molecular formula is C14H17N5O2. The normalized spacial score (nSPS) is 16.1. The molecule has 2 aromatic rings. The molecule has 0 atom stereocenters. The molecule has 0 aliphatic carbocycles. The van der Waals surface area contributed by atoms with Gasteiger partial charge in [-0.15, -0.1) is 10.2 Å². The summed E-state index contributed by atoms with van der Waals surface area (Å²) in [6.07, 6.45) is 1.73. The number of aromatic amines is 1. The van der Waals surface area contributed by atoms with Gasteiger partial charge in [-0.2, -0.15) is 5.21 Å². The number of hydrogen-bond acceptors (Lipinski definition) is 5. The Morgan fingerprint density at radius 2 is 2.00 bits per heavy atom. The summed E-state index contributed by atoms with van der Waals surface area (Å²) in [5.74, 6) is 0.874. The number of aliphatic hydroxyl groups excluding tert-OH is 1. The number of aliphatic hydroxyl groups is 1. The van der Waals surface area contributed by atoms with Crippen molar-refractivity contribution in [3.05, 3.63) is 29.8 Å². The van der Waals surface area contributed by atoms with E-state index in [0.717, 1.165) is 18.4 Å². The molecule has 0 saturated carbocycles. The molecule has 0 spiro atoms. The Morgan fingerprint density at radius 3 is 2.57 bits per heavy atom. The zero-order chi connectivity index (χ0) is 14.7. The molecule has 1 aliphatic rings. The molecule has 2 N–H and O–H groups in total. The van der Waals surface area contributed by atoms with Crippen LogP contribution >= 0.6 is 0 Å². The number of benzene rings is 1. The van der Waals surface area contributed by atoms with Gasteiger partial charge in [-0.1, -0.05) is 12.1 Å². The highest BCUT2D eigenvalue weighted by Crippen LogP contribution is 2.20. The molecule has 0 bridgehead atoms. The largest absolute Gasteiger partial charge is 0.396 e. The van der Waals surface area contributed by atoms with E-state index in [1.165, 1.54) is 0 Å².